The first-order valence-corrected chi connectivity index (χ1v) is 7.23. The molecule has 23 heavy (non-hydrogen) atoms. The van der Waals surface area contributed by atoms with Crippen molar-refractivity contribution in [3.05, 3.63) is 69.0 Å². The van der Waals surface area contributed by atoms with E-state index in [1.165, 1.54) is 19.2 Å². The molecule has 2 aromatic rings. The summed E-state index contributed by atoms with van der Waals surface area (Å²) >= 11 is 0. The second-order valence-electron chi connectivity index (χ2n) is 5.37. The number of nitro benzene ring substituents is 1. The Hall–Kier alpha value is -2.47. The van der Waals surface area contributed by atoms with Gasteiger partial charge in [0, 0.05) is 29.8 Å². The number of nitrogens with one attached hydrogen (secondary N) is 1. The predicted octanol–water partition coefficient (Wildman–Crippen LogP) is 3.90. The van der Waals surface area contributed by atoms with Crippen LogP contribution in [0.5, 0.6) is 5.75 Å². The van der Waals surface area contributed by atoms with Gasteiger partial charge < -0.3 is 10.1 Å². The Labute approximate surface area is 134 Å². The van der Waals surface area contributed by atoms with Crippen LogP contribution < -0.4 is 10.1 Å². The molecule has 2 aromatic carbocycles. The van der Waals surface area contributed by atoms with Crippen molar-refractivity contribution in [2.75, 3.05) is 7.11 Å². The highest BCUT2D eigenvalue weighted by Crippen LogP contribution is 2.26. The molecule has 0 bridgehead atoms. The lowest BCUT2D eigenvalue weighted by Gasteiger charge is -2.17. The number of rotatable bonds is 6. The van der Waals surface area contributed by atoms with E-state index >= 15 is 0 Å². The summed E-state index contributed by atoms with van der Waals surface area (Å²) in [6.45, 7) is 4.03. The van der Waals surface area contributed by atoms with Crippen LogP contribution in [0.1, 0.15) is 29.7 Å². The fraction of sp³-hybridized carbons (Fsp3) is 0.294. The van der Waals surface area contributed by atoms with E-state index in [-0.39, 0.29) is 17.5 Å². The van der Waals surface area contributed by atoms with Crippen LogP contribution in [0.15, 0.2) is 36.4 Å². The summed E-state index contributed by atoms with van der Waals surface area (Å²) in [6.07, 6.45) is 0. The maximum atomic E-state index is 13.4. The zero-order valence-electron chi connectivity index (χ0n) is 13.3. The summed E-state index contributed by atoms with van der Waals surface area (Å²) < 4.78 is 18.7. The molecule has 0 aromatic heterocycles. The van der Waals surface area contributed by atoms with Crippen LogP contribution in [0.25, 0.3) is 0 Å². The highest BCUT2D eigenvalue weighted by molar-refractivity contribution is 5.42. The number of hydrogen-bond donors (Lipinski definition) is 1. The standard InChI is InChI=1S/C17H19FN2O3/c1-11-4-5-13(8-16(11)20(21)22)10-19-12(2)15-9-14(18)6-7-17(15)23-3/h4-9,12,19H,10H2,1-3H3. The zero-order chi connectivity index (χ0) is 17.0. The van der Waals surface area contributed by atoms with Crippen LogP contribution in [-0.2, 0) is 6.54 Å². The van der Waals surface area contributed by atoms with Crippen LogP contribution in [0.3, 0.4) is 0 Å². The number of hydrogen-bond acceptors (Lipinski definition) is 4. The largest absolute Gasteiger partial charge is 0.496 e. The van der Waals surface area contributed by atoms with E-state index in [1.54, 1.807) is 25.1 Å². The number of nitro groups is 1. The molecule has 0 aliphatic carbocycles. The van der Waals surface area contributed by atoms with Gasteiger partial charge in [-0.25, -0.2) is 4.39 Å². The molecule has 0 aliphatic rings. The molecular weight excluding hydrogens is 299 g/mol. The molecule has 0 fully saturated rings. The third-order valence-corrected chi connectivity index (χ3v) is 3.74. The first kappa shape index (κ1) is 16.9. The number of ether oxygens (including phenoxy) is 1. The lowest BCUT2D eigenvalue weighted by atomic mass is 10.1. The Morgan fingerprint density at radius 3 is 2.70 bits per heavy atom. The number of halogens is 1. The van der Waals surface area contributed by atoms with Crippen molar-refractivity contribution in [2.45, 2.75) is 26.4 Å². The molecule has 0 saturated heterocycles. The lowest BCUT2D eigenvalue weighted by Crippen LogP contribution is -2.19. The van der Waals surface area contributed by atoms with E-state index in [0.717, 1.165) is 5.56 Å². The fourth-order valence-electron chi connectivity index (χ4n) is 2.39. The summed E-state index contributed by atoms with van der Waals surface area (Å²) in [6, 6.07) is 9.30. The van der Waals surface area contributed by atoms with Gasteiger partial charge in [-0.3, -0.25) is 10.1 Å². The molecule has 2 rings (SSSR count). The fourth-order valence-corrected chi connectivity index (χ4v) is 2.39. The SMILES string of the molecule is COc1ccc(F)cc1C(C)NCc1ccc(C)c([N+](=O)[O-])c1. The van der Waals surface area contributed by atoms with E-state index in [4.69, 9.17) is 4.74 Å². The first-order valence-electron chi connectivity index (χ1n) is 7.23. The molecule has 0 radical (unpaired) electrons. The van der Waals surface area contributed by atoms with Crippen LogP contribution in [-0.4, -0.2) is 12.0 Å². The molecule has 1 atom stereocenters. The third kappa shape index (κ3) is 4.04. The minimum atomic E-state index is -0.391. The first-order chi connectivity index (χ1) is 10.9. The minimum absolute atomic E-state index is 0.0975. The van der Waals surface area contributed by atoms with Gasteiger partial charge in [-0.2, -0.15) is 0 Å². The predicted molar refractivity (Wildman–Crippen MR) is 86.0 cm³/mol. The molecule has 0 saturated carbocycles. The van der Waals surface area contributed by atoms with Crippen LogP contribution in [0.2, 0.25) is 0 Å². The van der Waals surface area contributed by atoms with Crippen LogP contribution in [0.4, 0.5) is 10.1 Å². The molecule has 5 nitrogen and oxygen atoms in total. The monoisotopic (exact) mass is 318 g/mol. The van der Waals surface area contributed by atoms with Crippen LogP contribution in [0, 0.1) is 22.9 Å². The van der Waals surface area contributed by atoms with Gasteiger partial charge in [-0.15, -0.1) is 0 Å². The van der Waals surface area contributed by atoms with Gasteiger partial charge >= 0.3 is 0 Å². The van der Waals surface area contributed by atoms with E-state index in [1.807, 2.05) is 13.0 Å². The van der Waals surface area contributed by atoms with Gasteiger partial charge in [-0.05, 0) is 37.6 Å². The van der Waals surface area contributed by atoms with E-state index in [9.17, 15) is 14.5 Å². The highest BCUT2D eigenvalue weighted by Gasteiger charge is 2.14. The molecule has 0 amide bonds. The third-order valence-electron chi connectivity index (χ3n) is 3.74. The highest BCUT2D eigenvalue weighted by atomic mass is 19.1. The van der Waals surface area contributed by atoms with Gasteiger partial charge in [0.25, 0.3) is 5.69 Å². The molecular formula is C17H19FN2O3. The maximum Gasteiger partial charge on any atom is 0.272 e. The number of aryl methyl sites for hydroxylation is 1. The Morgan fingerprint density at radius 2 is 2.04 bits per heavy atom. The topological polar surface area (TPSA) is 64.4 Å². The Morgan fingerprint density at radius 1 is 1.30 bits per heavy atom. The Bertz CT molecular complexity index is 719. The molecule has 122 valence electrons. The lowest BCUT2D eigenvalue weighted by molar-refractivity contribution is -0.385. The normalized spacial score (nSPS) is 12.0. The quantitative estimate of drug-likeness (QED) is 0.648. The Balaban J connectivity index is 2.13. The van der Waals surface area contributed by atoms with Gasteiger partial charge in [0.15, 0.2) is 0 Å². The van der Waals surface area contributed by atoms with Crippen molar-refractivity contribution >= 4 is 5.69 Å². The second-order valence-corrected chi connectivity index (χ2v) is 5.37. The van der Waals surface area contributed by atoms with Gasteiger partial charge in [-0.1, -0.05) is 12.1 Å². The van der Waals surface area contributed by atoms with Crippen LogP contribution >= 0.6 is 0 Å². The average Bonchev–Trinajstić information content (AvgIpc) is 2.53. The number of methoxy groups -OCH3 is 1. The number of benzene rings is 2. The van der Waals surface area contributed by atoms with Crippen molar-refractivity contribution in [1.29, 1.82) is 0 Å². The molecule has 6 heteroatoms. The molecule has 1 unspecified atom stereocenters. The smallest absolute Gasteiger partial charge is 0.272 e. The van der Waals surface area contributed by atoms with Crippen molar-refractivity contribution < 1.29 is 14.1 Å². The van der Waals surface area contributed by atoms with E-state index < -0.39 is 4.92 Å². The number of nitrogens with zero attached hydrogens (tertiary/aromatic N) is 1. The molecule has 0 spiro atoms. The summed E-state index contributed by atoms with van der Waals surface area (Å²) in [5.74, 6) is 0.265. The molecule has 0 aliphatic heterocycles. The van der Waals surface area contributed by atoms with Gasteiger partial charge in [0.1, 0.15) is 11.6 Å². The zero-order valence-corrected chi connectivity index (χ0v) is 13.3. The van der Waals surface area contributed by atoms with Gasteiger partial charge in [0.2, 0.25) is 0 Å². The summed E-state index contributed by atoms with van der Waals surface area (Å²) in [5.41, 5.74) is 2.22. The Kier molecular flexibility index (Phi) is 5.28. The van der Waals surface area contributed by atoms with Crippen molar-refractivity contribution in [1.82, 2.24) is 5.32 Å². The summed E-state index contributed by atoms with van der Waals surface area (Å²) in [5, 5.41) is 14.2. The maximum absolute atomic E-state index is 13.4. The van der Waals surface area contributed by atoms with Crippen molar-refractivity contribution in [2.24, 2.45) is 0 Å². The average molecular weight is 318 g/mol. The van der Waals surface area contributed by atoms with Crippen molar-refractivity contribution in [3.63, 3.8) is 0 Å². The molecule has 0 heterocycles. The summed E-state index contributed by atoms with van der Waals surface area (Å²) in [7, 11) is 1.53. The van der Waals surface area contributed by atoms with E-state index in [0.29, 0.717) is 23.4 Å². The summed E-state index contributed by atoms with van der Waals surface area (Å²) in [4.78, 5) is 10.6. The van der Waals surface area contributed by atoms with Crippen molar-refractivity contribution in [3.8, 4) is 5.75 Å². The van der Waals surface area contributed by atoms with Gasteiger partial charge in [0.05, 0.1) is 12.0 Å². The minimum Gasteiger partial charge on any atom is -0.496 e. The molecule has 1 N–H and O–H groups in total. The van der Waals surface area contributed by atoms with E-state index in [2.05, 4.69) is 5.32 Å². The second kappa shape index (κ2) is 7.19.